The Morgan fingerprint density at radius 3 is 2.50 bits per heavy atom. The Labute approximate surface area is 182 Å². The summed E-state index contributed by atoms with van der Waals surface area (Å²) in [6, 6.07) is 17.4. The predicted molar refractivity (Wildman–Crippen MR) is 120 cm³/mol. The van der Waals surface area contributed by atoms with Crippen LogP contribution in [-0.2, 0) is 22.9 Å². The largest absolute Gasteiger partial charge is 0.243 e. The molecule has 30 heavy (non-hydrogen) atoms. The number of aromatic nitrogens is 2. The molecule has 0 amide bonds. The summed E-state index contributed by atoms with van der Waals surface area (Å²) in [6.45, 7) is 2.49. The quantitative estimate of drug-likeness (QED) is 0.465. The Morgan fingerprint density at radius 1 is 1.00 bits per heavy atom. The van der Waals surface area contributed by atoms with Gasteiger partial charge in [-0.15, -0.1) is 10.2 Å². The van der Waals surface area contributed by atoms with E-state index in [1.807, 2.05) is 25.1 Å². The van der Waals surface area contributed by atoms with Gasteiger partial charge in [-0.25, -0.2) is 8.42 Å². The zero-order valence-corrected chi connectivity index (χ0v) is 18.8. The predicted octanol–water partition coefficient (Wildman–Crippen LogP) is 4.94. The Balaban J connectivity index is 1.39. The number of rotatable bonds is 8. The number of hydrogen-bond donors (Lipinski definition) is 0. The zero-order chi connectivity index (χ0) is 21.0. The van der Waals surface area contributed by atoms with Crippen LogP contribution < -0.4 is 0 Å². The van der Waals surface area contributed by atoms with Crippen molar-refractivity contribution in [1.29, 1.82) is 0 Å². The first-order valence-corrected chi connectivity index (χ1v) is 12.7. The van der Waals surface area contributed by atoms with E-state index in [0.29, 0.717) is 11.4 Å². The molecule has 0 radical (unpaired) electrons. The first kappa shape index (κ1) is 21.2. The first-order valence-electron chi connectivity index (χ1n) is 10.5. The van der Waals surface area contributed by atoms with Crippen molar-refractivity contribution < 1.29 is 8.42 Å². The molecule has 2 aromatic carbocycles. The molecule has 0 aliphatic carbocycles. The summed E-state index contributed by atoms with van der Waals surface area (Å²) in [5.74, 6) is 0. The van der Waals surface area contributed by atoms with E-state index < -0.39 is 10.0 Å². The molecule has 0 spiro atoms. The van der Waals surface area contributed by atoms with Crippen molar-refractivity contribution in [2.45, 2.75) is 56.4 Å². The normalized spacial score (nSPS) is 17.4. The molecule has 1 aliphatic rings. The molecule has 4 rings (SSSR count). The van der Waals surface area contributed by atoms with Gasteiger partial charge >= 0.3 is 0 Å². The molecular weight excluding hydrogens is 414 g/mol. The van der Waals surface area contributed by atoms with Gasteiger partial charge < -0.3 is 0 Å². The van der Waals surface area contributed by atoms with E-state index in [9.17, 15) is 8.42 Å². The van der Waals surface area contributed by atoms with Crippen molar-refractivity contribution in [2.75, 3.05) is 6.54 Å². The summed E-state index contributed by atoms with van der Waals surface area (Å²) < 4.78 is 27.9. The molecular formula is C23H27N3O2S2. The molecule has 1 saturated heterocycles. The van der Waals surface area contributed by atoms with Gasteiger partial charge in [0.25, 0.3) is 0 Å². The minimum absolute atomic E-state index is 0.202. The van der Waals surface area contributed by atoms with Gasteiger partial charge in [-0.1, -0.05) is 59.4 Å². The van der Waals surface area contributed by atoms with Crippen LogP contribution in [0.15, 0.2) is 59.5 Å². The third kappa shape index (κ3) is 4.79. The highest BCUT2D eigenvalue weighted by Crippen LogP contribution is 2.37. The second-order valence-electron chi connectivity index (χ2n) is 7.81. The first-order chi connectivity index (χ1) is 14.5. The lowest BCUT2D eigenvalue weighted by molar-refractivity contribution is 0.394. The Kier molecular flexibility index (Phi) is 6.61. The molecule has 158 valence electrons. The highest BCUT2D eigenvalue weighted by atomic mass is 32.2. The number of nitrogens with zero attached hydrogens (tertiary/aromatic N) is 3. The smallest absolute Gasteiger partial charge is 0.207 e. The molecule has 1 unspecified atom stereocenters. The third-order valence-electron chi connectivity index (χ3n) is 5.55. The average Bonchev–Trinajstić information content (AvgIpc) is 3.42. The minimum atomic E-state index is -3.52. The van der Waals surface area contributed by atoms with E-state index in [1.165, 1.54) is 5.56 Å². The Bertz CT molecular complexity index is 1060. The third-order valence-corrected chi connectivity index (χ3v) is 8.55. The van der Waals surface area contributed by atoms with Crippen LogP contribution in [0.25, 0.3) is 0 Å². The van der Waals surface area contributed by atoms with E-state index in [2.05, 4.69) is 34.5 Å². The highest BCUT2D eigenvalue weighted by molar-refractivity contribution is 7.89. The van der Waals surface area contributed by atoms with Crippen LogP contribution in [0.1, 0.15) is 52.9 Å². The number of unbranched alkanes of at least 4 members (excludes halogenated alkanes) is 1. The monoisotopic (exact) mass is 441 g/mol. The number of sulfonamides is 1. The molecule has 1 fully saturated rings. The van der Waals surface area contributed by atoms with Crippen LogP contribution in [0.3, 0.4) is 0 Å². The standard InChI is InChI=1S/C23H27N3O2S2/c1-18-13-15-20(16-14-18)30(27,28)26-17-7-11-21(26)23-25-24-22(29-23)12-6-5-10-19-8-3-2-4-9-19/h2-4,8-9,13-16,21H,5-7,10-12,17H2,1H3. The zero-order valence-electron chi connectivity index (χ0n) is 17.2. The van der Waals surface area contributed by atoms with E-state index in [-0.39, 0.29) is 6.04 Å². The van der Waals surface area contributed by atoms with Crippen LogP contribution in [0.2, 0.25) is 0 Å². The second kappa shape index (κ2) is 9.37. The van der Waals surface area contributed by atoms with Gasteiger partial charge in [0.05, 0.1) is 10.9 Å². The molecule has 7 heteroatoms. The van der Waals surface area contributed by atoms with E-state index >= 15 is 0 Å². The second-order valence-corrected chi connectivity index (χ2v) is 10.8. The maximum absolute atomic E-state index is 13.2. The van der Waals surface area contributed by atoms with Crippen LogP contribution in [-0.4, -0.2) is 29.5 Å². The fraction of sp³-hybridized carbons (Fsp3) is 0.391. The van der Waals surface area contributed by atoms with Crippen molar-refractivity contribution in [3.63, 3.8) is 0 Å². The van der Waals surface area contributed by atoms with Gasteiger partial charge in [0.1, 0.15) is 10.0 Å². The highest BCUT2D eigenvalue weighted by Gasteiger charge is 2.38. The van der Waals surface area contributed by atoms with Crippen molar-refractivity contribution in [3.05, 3.63) is 75.7 Å². The SMILES string of the molecule is Cc1ccc(S(=O)(=O)N2CCCC2c2nnc(CCCCc3ccccc3)s2)cc1. The number of aryl methyl sites for hydroxylation is 3. The Hall–Kier alpha value is -2.09. The van der Waals surface area contributed by atoms with Gasteiger partial charge in [-0.2, -0.15) is 4.31 Å². The summed E-state index contributed by atoms with van der Waals surface area (Å²) >= 11 is 1.57. The van der Waals surface area contributed by atoms with Gasteiger partial charge in [0.2, 0.25) is 10.0 Å². The molecule has 1 aliphatic heterocycles. The molecule has 0 N–H and O–H groups in total. The lowest BCUT2D eigenvalue weighted by Crippen LogP contribution is -2.30. The summed E-state index contributed by atoms with van der Waals surface area (Å²) in [5.41, 5.74) is 2.41. The van der Waals surface area contributed by atoms with Gasteiger partial charge in [-0.3, -0.25) is 0 Å². The molecule has 5 nitrogen and oxygen atoms in total. The lowest BCUT2D eigenvalue weighted by atomic mass is 10.1. The van der Waals surface area contributed by atoms with Gasteiger partial charge in [0, 0.05) is 13.0 Å². The van der Waals surface area contributed by atoms with Crippen molar-refractivity contribution in [1.82, 2.24) is 14.5 Å². The fourth-order valence-corrected chi connectivity index (χ4v) is 6.63. The van der Waals surface area contributed by atoms with E-state index in [4.69, 9.17) is 0 Å². The molecule has 0 bridgehead atoms. The fourth-order valence-electron chi connectivity index (χ4n) is 3.87. The Morgan fingerprint density at radius 2 is 1.73 bits per heavy atom. The van der Waals surface area contributed by atoms with Crippen LogP contribution in [0.5, 0.6) is 0 Å². The number of hydrogen-bond acceptors (Lipinski definition) is 5. The van der Waals surface area contributed by atoms with Gasteiger partial charge in [0.15, 0.2) is 0 Å². The average molecular weight is 442 g/mol. The molecule has 1 atom stereocenters. The van der Waals surface area contributed by atoms with E-state index in [0.717, 1.165) is 54.1 Å². The van der Waals surface area contributed by atoms with E-state index in [1.54, 1.807) is 27.8 Å². The molecule has 2 heterocycles. The van der Waals surface area contributed by atoms with Gasteiger partial charge in [-0.05, 0) is 56.7 Å². The van der Waals surface area contributed by atoms with Crippen molar-refractivity contribution in [2.24, 2.45) is 0 Å². The molecule has 0 saturated carbocycles. The lowest BCUT2D eigenvalue weighted by Gasteiger charge is -2.22. The minimum Gasteiger partial charge on any atom is -0.207 e. The topological polar surface area (TPSA) is 63.2 Å². The van der Waals surface area contributed by atoms with Crippen molar-refractivity contribution >= 4 is 21.4 Å². The summed E-state index contributed by atoms with van der Waals surface area (Å²) in [7, 11) is -3.52. The maximum Gasteiger partial charge on any atom is 0.243 e. The maximum atomic E-state index is 13.2. The summed E-state index contributed by atoms with van der Waals surface area (Å²) in [4.78, 5) is 0.352. The van der Waals surface area contributed by atoms with Crippen LogP contribution in [0, 0.1) is 6.92 Å². The van der Waals surface area contributed by atoms with Crippen LogP contribution >= 0.6 is 11.3 Å². The summed E-state index contributed by atoms with van der Waals surface area (Å²) in [5, 5.41) is 10.5. The molecule has 1 aromatic heterocycles. The van der Waals surface area contributed by atoms with Crippen LogP contribution in [0.4, 0.5) is 0 Å². The number of benzene rings is 2. The summed E-state index contributed by atoms with van der Waals surface area (Å²) in [6.07, 6.45) is 5.77. The van der Waals surface area contributed by atoms with Crippen molar-refractivity contribution in [3.8, 4) is 0 Å². The molecule has 3 aromatic rings.